The van der Waals surface area contributed by atoms with Gasteiger partial charge in [0, 0.05) is 12.5 Å². The highest BCUT2D eigenvalue weighted by Gasteiger charge is 2.54. The molecule has 0 spiro atoms. The van der Waals surface area contributed by atoms with Crippen molar-refractivity contribution >= 4 is 12.1 Å². The molecule has 0 bridgehead atoms. The third kappa shape index (κ3) is 3.02. The fourth-order valence-corrected chi connectivity index (χ4v) is 3.67. The predicted octanol–water partition coefficient (Wildman–Crippen LogP) is 2.54. The first kappa shape index (κ1) is 15.8. The Morgan fingerprint density at radius 1 is 1.22 bits per heavy atom. The summed E-state index contributed by atoms with van der Waals surface area (Å²) in [6.45, 7) is 0.331. The van der Waals surface area contributed by atoms with Crippen molar-refractivity contribution < 1.29 is 23.5 Å². The number of ether oxygens (including phenoxy) is 2. The normalized spacial score (nSPS) is 29.2. The molecule has 1 aromatic rings. The average molecular weight is 321 g/mol. The van der Waals surface area contributed by atoms with Gasteiger partial charge in [0.25, 0.3) is 0 Å². The molecule has 3 rings (SSSR count). The van der Waals surface area contributed by atoms with Crippen LogP contribution in [0.15, 0.2) is 30.3 Å². The molecule has 23 heavy (non-hydrogen) atoms. The van der Waals surface area contributed by atoms with Crippen LogP contribution in [0.3, 0.4) is 0 Å². The van der Waals surface area contributed by atoms with Gasteiger partial charge in [-0.15, -0.1) is 0 Å². The van der Waals surface area contributed by atoms with E-state index >= 15 is 0 Å². The smallest absolute Gasteiger partial charge is 0.410 e. The lowest BCUT2D eigenvalue weighted by Crippen LogP contribution is -2.44. The summed E-state index contributed by atoms with van der Waals surface area (Å²) < 4.78 is 24.1. The van der Waals surface area contributed by atoms with Crippen molar-refractivity contribution in [3.63, 3.8) is 0 Å². The third-order valence-electron chi connectivity index (χ3n) is 4.82. The zero-order chi connectivity index (χ0) is 16.4. The van der Waals surface area contributed by atoms with Crippen LogP contribution in [0.2, 0.25) is 0 Å². The standard InChI is InChI=1S/C17H20FNO4/c1-22-16(20)15-12-7-8-14(18)13(12)9-19(15)17(21)23-10-11-5-3-2-4-6-11/h2-6,12-15H,7-10H2,1H3. The van der Waals surface area contributed by atoms with Gasteiger partial charge < -0.3 is 9.47 Å². The molecule has 1 amide bonds. The van der Waals surface area contributed by atoms with Crippen molar-refractivity contribution in [2.75, 3.05) is 13.7 Å². The van der Waals surface area contributed by atoms with Crippen LogP contribution in [-0.2, 0) is 20.9 Å². The molecule has 0 N–H and O–H groups in total. The number of fused-ring (bicyclic) bond motifs is 1. The van der Waals surface area contributed by atoms with Crippen LogP contribution in [0.4, 0.5) is 9.18 Å². The molecule has 6 heteroatoms. The molecule has 1 saturated carbocycles. The number of nitrogens with zero attached hydrogens (tertiary/aromatic N) is 1. The van der Waals surface area contributed by atoms with Gasteiger partial charge in [-0.1, -0.05) is 30.3 Å². The van der Waals surface area contributed by atoms with E-state index in [4.69, 9.17) is 9.47 Å². The molecule has 2 aliphatic rings. The van der Waals surface area contributed by atoms with Gasteiger partial charge in [-0.05, 0) is 24.3 Å². The number of likely N-dealkylation sites (tertiary alicyclic amines) is 1. The molecule has 4 atom stereocenters. The second-order valence-corrected chi connectivity index (χ2v) is 6.08. The number of hydrogen-bond donors (Lipinski definition) is 0. The van der Waals surface area contributed by atoms with E-state index in [1.165, 1.54) is 12.0 Å². The summed E-state index contributed by atoms with van der Waals surface area (Å²) in [7, 11) is 1.28. The van der Waals surface area contributed by atoms with Gasteiger partial charge in [0.2, 0.25) is 0 Å². The number of rotatable bonds is 3. The van der Waals surface area contributed by atoms with Crippen LogP contribution in [0.1, 0.15) is 18.4 Å². The number of alkyl halides is 1. The van der Waals surface area contributed by atoms with Crippen LogP contribution in [0.5, 0.6) is 0 Å². The van der Waals surface area contributed by atoms with Crippen LogP contribution in [0.25, 0.3) is 0 Å². The molecule has 124 valence electrons. The Morgan fingerprint density at radius 3 is 2.65 bits per heavy atom. The Kier molecular flexibility index (Phi) is 4.50. The number of hydrogen-bond acceptors (Lipinski definition) is 4. The number of carbonyl (C=O) groups is 2. The van der Waals surface area contributed by atoms with Gasteiger partial charge >= 0.3 is 12.1 Å². The second kappa shape index (κ2) is 6.56. The zero-order valence-electron chi connectivity index (χ0n) is 13.0. The van der Waals surface area contributed by atoms with E-state index in [0.717, 1.165) is 5.56 Å². The summed E-state index contributed by atoms with van der Waals surface area (Å²) in [6.07, 6.45) is -0.533. The summed E-state index contributed by atoms with van der Waals surface area (Å²) >= 11 is 0. The van der Waals surface area contributed by atoms with Crippen molar-refractivity contribution in [2.45, 2.75) is 31.7 Å². The highest BCUT2D eigenvalue weighted by molar-refractivity contribution is 5.82. The molecule has 1 aromatic carbocycles. The number of carbonyl (C=O) groups excluding carboxylic acids is 2. The molecule has 4 unspecified atom stereocenters. The molecule has 0 aromatic heterocycles. The largest absolute Gasteiger partial charge is 0.467 e. The first-order chi connectivity index (χ1) is 11.1. The molecular weight excluding hydrogens is 301 g/mol. The van der Waals surface area contributed by atoms with E-state index in [0.29, 0.717) is 12.8 Å². The first-order valence-corrected chi connectivity index (χ1v) is 7.81. The topological polar surface area (TPSA) is 55.8 Å². The van der Waals surface area contributed by atoms with Gasteiger partial charge in [0.15, 0.2) is 0 Å². The van der Waals surface area contributed by atoms with Crippen LogP contribution < -0.4 is 0 Å². The Balaban J connectivity index is 1.69. The van der Waals surface area contributed by atoms with E-state index in [1.54, 1.807) is 0 Å². The minimum atomic E-state index is -0.973. The maximum Gasteiger partial charge on any atom is 0.410 e. The Hall–Kier alpha value is -2.11. The summed E-state index contributed by atoms with van der Waals surface area (Å²) in [5.74, 6) is -0.978. The zero-order valence-corrected chi connectivity index (χ0v) is 13.0. The van der Waals surface area contributed by atoms with E-state index in [-0.39, 0.29) is 25.0 Å². The molecule has 1 saturated heterocycles. The molecule has 1 aliphatic carbocycles. The first-order valence-electron chi connectivity index (χ1n) is 7.81. The number of amides is 1. The van der Waals surface area contributed by atoms with Gasteiger partial charge in [0.05, 0.1) is 7.11 Å². The van der Waals surface area contributed by atoms with Crippen molar-refractivity contribution in [1.82, 2.24) is 4.90 Å². The van der Waals surface area contributed by atoms with Crippen LogP contribution >= 0.6 is 0 Å². The van der Waals surface area contributed by atoms with Gasteiger partial charge in [-0.2, -0.15) is 0 Å². The molecule has 2 fully saturated rings. The fourth-order valence-electron chi connectivity index (χ4n) is 3.67. The summed E-state index contributed by atoms with van der Waals surface area (Å²) in [6, 6.07) is 8.54. The Bertz CT molecular complexity index is 579. The van der Waals surface area contributed by atoms with Gasteiger partial charge in [-0.25, -0.2) is 14.0 Å². The van der Waals surface area contributed by atoms with E-state index in [9.17, 15) is 14.0 Å². The van der Waals surface area contributed by atoms with Crippen molar-refractivity contribution in [3.8, 4) is 0 Å². The van der Waals surface area contributed by atoms with Crippen molar-refractivity contribution in [2.24, 2.45) is 11.8 Å². The SMILES string of the molecule is COC(=O)C1C2CCC(F)C2CN1C(=O)OCc1ccccc1. The lowest BCUT2D eigenvalue weighted by atomic mass is 9.93. The lowest BCUT2D eigenvalue weighted by Gasteiger charge is -2.25. The predicted molar refractivity (Wildman–Crippen MR) is 80.2 cm³/mol. The lowest BCUT2D eigenvalue weighted by molar-refractivity contribution is -0.146. The number of halogens is 1. The maximum atomic E-state index is 14.0. The van der Waals surface area contributed by atoms with Crippen LogP contribution in [0, 0.1) is 11.8 Å². The van der Waals surface area contributed by atoms with Crippen LogP contribution in [-0.4, -0.2) is 42.8 Å². The third-order valence-corrected chi connectivity index (χ3v) is 4.82. The van der Waals surface area contributed by atoms with Gasteiger partial charge in [-0.3, -0.25) is 4.90 Å². The quantitative estimate of drug-likeness (QED) is 0.803. The highest BCUT2D eigenvalue weighted by atomic mass is 19.1. The second-order valence-electron chi connectivity index (χ2n) is 6.08. The van der Waals surface area contributed by atoms with Crippen molar-refractivity contribution in [1.29, 1.82) is 0 Å². The van der Waals surface area contributed by atoms with Gasteiger partial charge in [0.1, 0.15) is 18.8 Å². The van der Waals surface area contributed by atoms with Crippen molar-refractivity contribution in [3.05, 3.63) is 35.9 Å². The minimum absolute atomic E-state index is 0.123. The Labute approximate surface area is 134 Å². The summed E-state index contributed by atoms with van der Waals surface area (Å²) in [5, 5.41) is 0. The Morgan fingerprint density at radius 2 is 1.96 bits per heavy atom. The fraction of sp³-hybridized carbons (Fsp3) is 0.529. The molecular formula is C17H20FNO4. The van der Waals surface area contributed by atoms with E-state index < -0.39 is 24.3 Å². The molecule has 5 nitrogen and oxygen atoms in total. The summed E-state index contributed by atoms with van der Waals surface area (Å²) in [5.41, 5.74) is 0.859. The minimum Gasteiger partial charge on any atom is -0.467 e. The van der Waals surface area contributed by atoms with E-state index in [1.807, 2.05) is 30.3 Å². The highest BCUT2D eigenvalue weighted by Crippen LogP contribution is 2.44. The summed E-state index contributed by atoms with van der Waals surface area (Å²) in [4.78, 5) is 25.7. The average Bonchev–Trinajstić information content (AvgIpc) is 3.13. The molecule has 1 heterocycles. The number of esters is 1. The maximum absolute atomic E-state index is 14.0. The number of methoxy groups -OCH3 is 1. The van der Waals surface area contributed by atoms with E-state index in [2.05, 4.69) is 0 Å². The monoisotopic (exact) mass is 321 g/mol. The molecule has 0 radical (unpaired) electrons. The molecule has 1 aliphatic heterocycles. The number of benzene rings is 1.